The second kappa shape index (κ2) is 8.24. The van der Waals surface area contributed by atoms with Crippen LogP contribution in [0.2, 0.25) is 16.1 Å². The molecule has 0 aliphatic heterocycles. The Balaban J connectivity index is 3.05. The summed E-state index contributed by atoms with van der Waals surface area (Å²) in [6.07, 6.45) is 2.43. The fourth-order valence-electron chi connectivity index (χ4n) is 4.45. The Hall–Kier alpha value is -0.873. The van der Waals surface area contributed by atoms with Crippen LogP contribution in [-0.4, -0.2) is 25.3 Å². The lowest BCUT2D eigenvalue weighted by molar-refractivity contribution is 0.0847. The number of hydrogen-bond donors (Lipinski definition) is 0. The van der Waals surface area contributed by atoms with E-state index in [1.807, 2.05) is 29.9 Å². The lowest BCUT2D eigenvalue weighted by Crippen LogP contribution is -2.56. The molecule has 0 saturated carbocycles. The minimum absolute atomic E-state index is 0.133. The van der Waals surface area contributed by atoms with Crippen LogP contribution in [0.25, 0.3) is 0 Å². The first-order valence-electron chi connectivity index (χ1n) is 10.3. The molecule has 0 saturated heterocycles. The fraction of sp³-hybridized carbons (Fsp3) is 0.783. The highest BCUT2D eigenvalue weighted by Gasteiger charge is 2.55. The van der Waals surface area contributed by atoms with Crippen LogP contribution in [0, 0.1) is 11.3 Å². The largest absolute Gasteiger partial charge is 0.415 e. The fourth-order valence-corrected chi connectivity index (χ4v) is 10.7. The molecule has 1 heterocycles. The number of aryl methyl sites for hydroxylation is 1. The van der Waals surface area contributed by atoms with Crippen molar-refractivity contribution in [2.45, 2.75) is 91.8 Å². The van der Waals surface area contributed by atoms with Crippen LogP contribution in [0.5, 0.6) is 0 Å². The Labute approximate surface area is 169 Å². The van der Waals surface area contributed by atoms with Crippen LogP contribution < -0.4 is 0 Å². The second-order valence-electron chi connectivity index (χ2n) is 11.5. The standard InChI is InChI=1S/C23H43NO2Si/c1-18(2)16-27(21(3,4)5,22(6,7)8)26-17-23(9,10)15-20(25)19-13-12-14-24(19)11/h12-14,18H,15-17H2,1-11H3. The Morgan fingerprint density at radius 3 is 1.96 bits per heavy atom. The molecule has 0 aliphatic rings. The van der Waals surface area contributed by atoms with Crippen molar-refractivity contribution < 1.29 is 9.22 Å². The lowest BCUT2D eigenvalue weighted by Gasteiger charge is -2.52. The third-order valence-corrected chi connectivity index (χ3v) is 12.6. The second-order valence-corrected chi connectivity index (χ2v) is 16.8. The molecule has 0 unspecified atom stereocenters. The van der Waals surface area contributed by atoms with Gasteiger partial charge in [-0.25, -0.2) is 0 Å². The van der Waals surface area contributed by atoms with Gasteiger partial charge < -0.3 is 8.99 Å². The summed E-state index contributed by atoms with van der Waals surface area (Å²) < 4.78 is 8.87. The number of ketones is 1. The molecule has 0 radical (unpaired) electrons. The predicted octanol–water partition coefficient (Wildman–Crippen LogP) is 6.84. The van der Waals surface area contributed by atoms with Crippen molar-refractivity contribution in [2.24, 2.45) is 18.4 Å². The van der Waals surface area contributed by atoms with Gasteiger partial charge in [0.05, 0.1) is 5.69 Å². The molecule has 156 valence electrons. The number of carbonyl (C=O) groups is 1. The Bertz CT molecular complexity index is 616. The van der Waals surface area contributed by atoms with E-state index < -0.39 is 8.32 Å². The molecule has 0 amide bonds. The van der Waals surface area contributed by atoms with E-state index in [-0.39, 0.29) is 21.3 Å². The molecule has 0 fully saturated rings. The van der Waals surface area contributed by atoms with E-state index in [0.717, 1.165) is 11.7 Å². The minimum atomic E-state index is -2.12. The third-order valence-electron chi connectivity index (χ3n) is 5.70. The number of Topliss-reactive ketones (excluding diaryl/α,β-unsaturated/α-hetero) is 1. The van der Waals surface area contributed by atoms with Gasteiger partial charge in [0.25, 0.3) is 0 Å². The highest BCUT2D eigenvalue weighted by Crippen LogP contribution is 2.55. The molecule has 0 bridgehead atoms. The van der Waals surface area contributed by atoms with Crippen molar-refractivity contribution >= 4 is 14.1 Å². The van der Waals surface area contributed by atoms with Gasteiger partial charge in [-0.3, -0.25) is 4.79 Å². The van der Waals surface area contributed by atoms with Gasteiger partial charge in [-0.1, -0.05) is 69.2 Å². The summed E-state index contributed by atoms with van der Waals surface area (Å²) >= 11 is 0. The molecule has 1 aromatic rings. The highest BCUT2D eigenvalue weighted by atomic mass is 28.4. The first-order chi connectivity index (χ1) is 12.0. The maximum absolute atomic E-state index is 12.8. The van der Waals surface area contributed by atoms with Gasteiger partial charge in [0.2, 0.25) is 8.32 Å². The zero-order valence-electron chi connectivity index (χ0n) is 19.7. The molecule has 0 aromatic carbocycles. The van der Waals surface area contributed by atoms with Crippen molar-refractivity contribution in [1.82, 2.24) is 4.57 Å². The summed E-state index contributed by atoms with van der Waals surface area (Å²) in [5.41, 5.74) is 0.591. The highest BCUT2D eigenvalue weighted by molar-refractivity contribution is 6.79. The molecule has 0 atom stereocenters. The van der Waals surface area contributed by atoms with E-state index >= 15 is 0 Å². The molecule has 1 rings (SSSR count). The van der Waals surface area contributed by atoms with Gasteiger partial charge in [0.1, 0.15) is 0 Å². The van der Waals surface area contributed by atoms with E-state index in [0.29, 0.717) is 18.9 Å². The monoisotopic (exact) mass is 393 g/mol. The molecular weight excluding hydrogens is 350 g/mol. The smallest absolute Gasteiger partial charge is 0.203 e. The topological polar surface area (TPSA) is 31.2 Å². The SMILES string of the molecule is CC(C)C[Si](OCC(C)(C)CC(=O)c1cccn1C)(C(C)(C)C)C(C)(C)C. The van der Waals surface area contributed by atoms with E-state index in [2.05, 4.69) is 69.2 Å². The molecule has 4 heteroatoms. The van der Waals surface area contributed by atoms with E-state index in [1.54, 1.807) is 0 Å². The molecule has 0 spiro atoms. The van der Waals surface area contributed by atoms with Gasteiger partial charge in [0.15, 0.2) is 5.78 Å². The minimum Gasteiger partial charge on any atom is -0.415 e. The average molecular weight is 394 g/mol. The van der Waals surface area contributed by atoms with Crippen LogP contribution in [0.1, 0.15) is 86.1 Å². The number of aromatic nitrogens is 1. The van der Waals surface area contributed by atoms with Gasteiger partial charge in [-0.15, -0.1) is 0 Å². The van der Waals surface area contributed by atoms with E-state index in [4.69, 9.17) is 4.43 Å². The van der Waals surface area contributed by atoms with Crippen LogP contribution in [0.15, 0.2) is 18.3 Å². The average Bonchev–Trinajstić information content (AvgIpc) is 2.86. The molecule has 27 heavy (non-hydrogen) atoms. The summed E-state index contributed by atoms with van der Waals surface area (Å²) in [5.74, 6) is 0.793. The Morgan fingerprint density at radius 1 is 1.07 bits per heavy atom. The number of hydrogen-bond acceptors (Lipinski definition) is 2. The molecule has 3 nitrogen and oxygen atoms in total. The van der Waals surface area contributed by atoms with E-state index in [1.165, 1.54) is 0 Å². The molecule has 0 N–H and O–H groups in total. The summed E-state index contributed by atoms with van der Waals surface area (Å²) in [6.45, 7) is 23.6. The van der Waals surface area contributed by atoms with Gasteiger partial charge >= 0.3 is 0 Å². The zero-order valence-corrected chi connectivity index (χ0v) is 20.7. The van der Waals surface area contributed by atoms with Crippen molar-refractivity contribution in [3.63, 3.8) is 0 Å². The number of nitrogens with zero attached hydrogens (tertiary/aromatic N) is 1. The molecular formula is C23H43NO2Si. The van der Waals surface area contributed by atoms with Crippen molar-refractivity contribution in [3.05, 3.63) is 24.0 Å². The molecule has 0 aliphatic carbocycles. The third kappa shape index (κ3) is 5.80. The lowest BCUT2D eigenvalue weighted by atomic mass is 9.87. The maximum Gasteiger partial charge on any atom is 0.203 e. The number of rotatable bonds is 8. The van der Waals surface area contributed by atoms with Crippen molar-refractivity contribution in [1.29, 1.82) is 0 Å². The first kappa shape index (κ1) is 24.2. The number of carbonyl (C=O) groups excluding carboxylic acids is 1. The molecule has 1 aromatic heterocycles. The summed E-state index contributed by atoms with van der Waals surface area (Å²) in [5, 5.41) is 0.265. The zero-order chi connectivity index (χ0) is 21.3. The van der Waals surface area contributed by atoms with Gasteiger partial charge in [0, 0.05) is 26.3 Å². The van der Waals surface area contributed by atoms with Crippen LogP contribution in [-0.2, 0) is 11.5 Å². The van der Waals surface area contributed by atoms with E-state index in [9.17, 15) is 4.79 Å². The maximum atomic E-state index is 12.8. The summed E-state index contributed by atoms with van der Waals surface area (Å²) in [4.78, 5) is 12.8. The summed E-state index contributed by atoms with van der Waals surface area (Å²) in [6, 6.07) is 4.97. The van der Waals surface area contributed by atoms with Crippen LogP contribution in [0.3, 0.4) is 0 Å². The van der Waals surface area contributed by atoms with Crippen molar-refractivity contribution in [2.75, 3.05) is 6.61 Å². The predicted molar refractivity (Wildman–Crippen MR) is 119 cm³/mol. The van der Waals surface area contributed by atoms with Crippen LogP contribution in [0.4, 0.5) is 0 Å². The Morgan fingerprint density at radius 2 is 1.59 bits per heavy atom. The van der Waals surface area contributed by atoms with Crippen LogP contribution >= 0.6 is 0 Å². The first-order valence-corrected chi connectivity index (χ1v) is 12.4. The van der Waals surface area contributed by atoms with Gasteiger partial charge in [-0.2, -0.15) is 0 Å². The van der Waals surface area contributed by atoms with Crippen molar-refractivity contribution in [3.8, 4) is 0 Å². The van der Waals surface area contributed by atoms with Gasteiger partial charge in [-0.05, 0) is 39.6 Å². The quantitative estimate of drug-likeness (QED) is 0.357. The summed E-state index contributed by atoms with van der Waals surface area (Å²) in [7, 11) is -0.189. The Kier molecular flexibility index (Phi) is 7.38. The normalized spacial score (nSPS) is 14.1.